The molecule has 1 aromatic heterocycles. The van der Waals surface area contributed by atoms with Crippen LogP contribution in [0.3, 0.4) is 0 Å². The lowest BCUT2D eigenvalue weighted by Gasteiger charge is -2.26. The number of hydrogen-bond acceptors (Lipinski definition) is 5. The summed E-state index contributed by atoms with van der Waals surface area (Å²) in [6, 6.07) is 13.0. The Morgan fingerprint density at radius 2 is 1.88 bits per heavy atom. The Morgan fingerprint density at radius 1 is 1.12 bits per heavy atom. The second kappa shape index (κ2) is 9.04. The van der Waals surface area contributed by atoms with Crippen molar-refractivity contribution in [3.8, 4) is 5.75 Å². The molecule has 166 valence electrons. The van der Waals surface area contributed by atoms with Crippen molar-refractivity contribution in [2.75, 3.05) is 18.5 Å². The van der Waals surface area contributed by atoms with E-state index in [4.69, 9.17) is 4.74 Å². The minimum atomic E-state index is -0.541. The number of carbonyl (C=O) groups is 2. The molecule has 4 rings (SSSR count). The molecule has 2 heterocycles. The largest absolute Gasteiger partial charge is 0.494 e. The second-order valence-corrected chi connectivity index (χ2v) is 7.24. The summed E-state index contributed by atoms with van der Waals surface area (Å²) in [5, 5.41) is 6.75. The zero-order valence-corrected chi connectivity index (χ0v) is 17.5. The number of ether oxygens (including phenoxy) is 1. The van der Waals surface area contributed by atoms with Gasteiger partial charge >= 0.3 is 5.69 Å². The van der Waals surface area contributed by atoms with Crippen LogP contribution < -0.4 is 15.7 Å². The third kappa shape index (κ3) is 4.39. The van der Waals surface area contributed by atoms with Crippen molar-refractivity contribution in [2.45, 2.75) is 26.6 Å². The topological polar surface area (TPSA) is 98.5 Å². The maximum Gasteiger partial charge on any atom is 0.346 e. The van der Waals surface area contributed by atoms with Gasteiger partial charge in [0.25, 0.3) is 5.91 Å². The fourth-order valence-corrected chi connectivity index (χ4v) is 3.49. The van der Waals surface area contributed by atoms with Crippen LogP contribution in [0.15, 0.2) is 53.3 Å². The summed E-state index contributed by atoms with van der Waals surface area (Å²) in [6.45, 7) is 2.61. The van der Waals surface area contributed by atoms with E-state index in [-0.39, 0.29) is 32.0 Å². The van der Waals surface area contributed by atoms with Gasteiger partial charge in [0.15, 0.2) is 0 Å². The van der Waals surface area contributed by atoms with E-state index < -0.39 is 23.3 Å². The molecule has 0 atom stereocenters. The summed E-state index contributed by atoms with van der Waals surface area (Å²) in [5.41, 5.74) is 0.383. The molecule has 0 saturated heterocycles. The lowest BCUT2D eigenvalue weighted by Crippen LogP contribution is -2.42. The quantitative estimate of drug-likeness (QED) is 0.606. The molecule has 0 bridgehead atoms. The minimum absolute atomic E-state index is 0.0635. The zero-order chi connectivity index (χ0) is 22.7. The molecule has 0 saturated carbocycles. The van der Waals surface area contributed by atoms with Crippen molar-refractivity contribution in [3.63, 3.8) is 0 Å². The van der Waals surface area contributed by atoms with E-state index in [1.165, 1.54) is 15.5 Å². The van der Waals surface area contributed by atoms with Gasteiger partial charge < -0.3 is 15.0 Å². The first-order valence-corrected chi connectivity index (χ1v) is 10.2. The van der Waals surface area contributed by atoms with Crippen LogP contribution in [0.5, 0.6) is 5.75 Å². The van der Waals surface area contributed by atoms with Gasteiger partial charge in [0.2, 0.25) is 11.7 Å². The van der Waals surface area contributed by atoms with Crippen LogP contribution >= 0.6 is 0 Å². The maximum atomic E-state index is 14.0. The predicted octanol–water partition coefficient (Wildman–Crippen LogP) is 1.88. The third-order valence-electron chi connectivity index (χ3n) is 5.06. The zero-order valence-electron chi connectivity index (χ0n) is 17.5. The fraction of sp³-hybridized carbons (Fsp3) is 0.273. The van der Waals surface area contributed by atoms with Crippen LogP contribution in [0, 0.1) is 5.82 Å². The molecule has 0 radical (unpaired) electrons. The van der Waals surface area contributed by atoms with Gasteiger partial charge in [-0.2, -0.15) is 0 Å². The molecule has 2 aromatic carbocycles. The average Bonchev–Trinajstić information content (AvgIpc) is 3.09. The number of nitrogens with one attached hydrogen (secondary N) is 1. The summed E-state index contributed by atoms with van der Waals surface area (Å²) >= 11 is 0. The molecular formula is C22H22FN5O4. The minimum Gasteiger partial charge on any atom is -0.494 e. The molecule has 0 fully saturated rings. The molecule has 2 amide bonds. The molecule has 0 aliphatic carbocycles. The molecule has 1 aliphatic heterocycles. The fourth-order valence-electron chi connectivity index (χ4n) is 3.49. The number of halogens is 1. The molecule has 0 spiro atoms. The number of rotatable bonds is 7. The van der Waals surface area contributed by atoms with Gasteiger partial charge in [-0.1, -0.05) is 18.2 Å². The summed E-state index contributed by atoms with van der Waals surface area (Å²) in [6.07, 6.45) is 0. The lowest BCUT2D eigenvalue weighted by atomic mass is 10.2. The second-order valence-electron chi connectivity index (χ2n) is 7.24. The highest BCUT2D eigenvalue weighted by Gasteiger charge is 2.30. The third-order valence-corrected chi connectivity index (χ3v) is 5.06. The van der Waals surface area contributed by atoms with Gasteiger partial charge in [-0.05, 0) is 37.3 Å². The molecule has 32 heavy (non-hydrogen) atoms. The molecule has 3 aromatic rings. The smallest absolute Gasteiger partial charge is 0.346 e. The van der Waals surface area contributed by atoms with Gasteiger partial charge in [0, 0.05) is 30.9 Å². The molecule has 0 unspecified atom stereocenters. The van der Waals surface area contributed by atoms with Crippen LogP contribution in [0.4, 0.5) is 10.1 Å². The Labute approximate surface area is 183 Å². The van der Waals surface area contributed by atoms with Gasteiger partial charge in [-0.15, -0.1) is 5.10 Å². The average molecular weight is 439 g/mol. The predicted molar refractivity (Wildman–Crippen MR) is 114 cm³/mol. The van der Waals surface area contributed by atoms with Gasteiger partial charge in [0.05, 0.1) is 6.61 Å². The van der Waals surface area contributed by atoms with Crippen molar-refractivity contribution in [2.24, 2.45) is 0 Å². The van der Waals surface area contributed by atoms with Crippen molar-refractivity contribution in [1.82, 2.24) is 19.2 Å². The standard InChI is InChI=1S/C22H22FN5O4/c1-2-32-17-9-7-16(8-10-17)24-19(29)14-28-22(31)27-12-11-26(21(30)20(27)25-28)13-15-5-3-4-6-18(15)23/h3-10H,2,11-14H2,1H3,(H,24,29). The maximum absolute atomic E-state index is 14.0. The summed E-state index contributed by atoms with van der Waals surface area (Å²) in [7, 11) is 0. The number of aromatic nitrogens is 3. The van der Waals surface area contributed by atoms with E-state index in [9.17, 15) is 18.8 Å². The van der Waals surface area contributed by atoms with Gasteiger partial charge in [-0.3, -0.25) is 14.2 Å². The van der Waals surface area contributed by atoms with Crippen LogP contribution in [-0.4, -0.2) is 44.2 Å². The van der Waals surface area contributed by atoms with E-state index in [0.717, 1.165) is 4.68 Å². The van der Waals surface area contributed by atoms with Crippen molar-refractivity contribution >= 4 is 17.5 Å². The first-order valence-electron chi connectivity index (χ1n) is 10.2. The molecule has 1 aliphatic rings. The van der Waals surface area contributed by atoms with Crippen LogP contribution in [-0.2, 0) is 24.4 Å². The number of benzene rings is 2. The molecule has 1 N–H and O–H groups in total. The SMILES string of the molecule is CCOc1ccc(NC(=O)Cn2nc3n(c2=O)CCN(Cc2ccccc2F)C3=O)cc1. The van der Waals surface area contributed by atoms with Crippen molar-refractivity contribution < 1.29 is 18.7 Å². The Hall–Kier alpha value is -3.95. The van der Waals surface area contributed by atoms with Gasteiger partial charge in [-0.25, -0.2) is 13.9 Å². The number of fused-ring (bicyclic) bond motifs is 1. The number of anilines is 1. The van der Waals surface area contributed by atoms with Crippen LogP contribution in [0.1, 0.15) is 23.1 Å². The normalized spacial score (nSPS) is 13.1. The van der Waals surface area contributed by atoms with Crippen molar-refractivity contribution in [3.05, 3.63) is 76.2 Å². The highest BCUT2D eigenvalue weighted by Crippen LogP contribution is 2.16. The van der Waals surface area contributed by atoms with Crippen molar-refractivity contribution in [1.29, 1.82) is 0 Å². The van der Waals surface area contributed by atoms with Gasteiger partial charge in [0.1, 0.15) is 18.1 Å². The number of amides is 2. The molecular weight excluding hydrogens is 417 g/mol. The lowest BCUT2D eigenvalue weighted by molar-refractivity contribution is -0.117. The number of nitrogens with zero attached hydrogens (tertiary/aromatic N) is 4. The Morgan fingerprint density at radius 3 is 2.59 bits per heavy atom. The highest BCUT2D eigenvalue weighted by atomic mass is 19.1. The van der Waals surface area contributed by atoms with Crippen LogP contribution in [0.2, 0.25) is 0 Å². The van der Waals surface area contributed by atoms with E-state index in [0.29, 0.717) is 23.6 Å². The Kier molecular flexibility index (Phi) is 6.02. The van der Waals surface area contributed by atoms with Crippen LogP contribution in [0.25, 0.3) is 0 Å². The molecule has 9 nitrogen and oxygen atoms in total. The monoisotopic (exact) mass is 439 g/mol. The summed E-state index contributed by atoms with van der Waals surface area (Å²) < 4.78 is 21.5. The first-order chi connectivity index (χ1) is 15.5. The summed E-state index contributed by atoms with van der Waals surface area (Å²) in [4.78, 5) is 39.3. The number of hydrogen-bond donors (Lipinski definition) is 1. The molecule has 10 heteroatoms. The Balaban J connectivity index is 1.45. The van der Waals surface area contributed by atoms with E-state index >= 15 is 0 Å². The number of carbonyl (C=O) groups excluding carboxylic acids is 2. The van der Waals surface area contributed by atoms with E-state index in [1.54, 1.807) is 42.5 Å². The van der Waals surface area contributed by atoms with E-state index in [1.807, 2.05) is 6.92 Å². The first kappa shape index (κ1) is 21.3. The Bertz CT molecular complexity index is 1200. The van der Waals surface area contributed by atoms with E-state index in [2.05, 4.69) is 10.4 Å². The summed E-state index contributed by atoms with van der Waals surface area (Å²) in [5.74, 6) is -0.724. The highest BCUT2D eigenvalue weighted by molar-refractivity contribution is 5.92.